The molecule has 0 radical (unpaired) electrons. The van der Waals surface area contributed by atoms with Crippen LogP contribution in [0, 0.1) is 6.92 Å². The first-order valence-electron chi connectivity index (χ1n) is 11.5. The van der Waals surface area contributed by atoms with E-state index in [2.05, 4.69) is 15.3 Å². The number of benzene rings is 1. The van der Waals surface area contributed by atoms with Crippen molar-refractivity contribution in [3.8, 4) is 11.5 Å². The number of nitrogens with one attached hydrogen (secondary N) is 1. The highest BCUT2D eigenvalue weighted by Crippen LogP contribution is 2.33. The number of rotatable bonds is 16. The minimum absolute atomic E-state index is 0.0115. The van der Waals surface area contributed by atoms with Gasteiger partial charge in [0, 0.05) is 37.8 Å². The van der Waals surface area contributed by atoms with E-state index in [4.69, 9.17) is 30.4 Å². The van der Waals surface area contributed by atoms with Crippen molar-refractivity contribution in [3.05, 3.63) is 35.0 Å². The molecule has 2 aromatic rings. The average molecular weight is 476 g/mol. The number of ether oxygens (including phenoxy) is 4. The van der Waals surface area contributed by atoms with Gasteiger partial charge in [-0.2, -0.15) is 4.98 Å². The van der Waals surface area contributed by atoms with Gasteiger partial charge in [0.2, 0.25) is 11.9 Å². The van der Waals surface area contributed by atoms with Crippen LogP contribution in [0.25, 0.3) is 0 Å². The van der Waals surface area contributed by atoms with Gasteiger partial charge in [-0.3, -0.25) is 4.79 Å². The summed E-state index contributed by atoms with van der Waals surface area (Å²) in [7, 11) is 1.61. The molecule has 1 aromatic heterocycles. The molecular formula is C24H37N5O5. The molecule has 10 nitrogen and oxygen atoms in total. The quantitative estimate of drug-likeness (QED) is 0.311. The second-order valence-electron chi connectivity index (χ2n) is 7.72. The second kappa shape index (κ2) is 14.9. The topological polar surface area (TPSA) is 144 Å². The van der Waals surface area contributed by atoms with Crippen LogP contribution in [0.15, 0.2) is 18.3 Å². The van der Waals surface area contributed by atoms with Gasteiger partial charge >= 0.3 is 0 Å². The van der Waals surface area contributed by atoms with Crippen molar-refractivity contribution < 1.29 is 23.7 Å². The number of anilines is 2. The zero-order valence-corrected chi connectivity index (χ0v) is 20.4. The van der Waals surface area contributed by atoms with Crippen LogP contribution in [0.4, 0.5) is 11.8 Å². The van der Waals surface area contributed by atoms with Crippen molar-refractivity contribution in [1.82, 2.24) is 15.3 Å². The number of nitrogens with two attached hydrogens (primary N) is 2. The predicted molar refractivity (Wildman–Crippen MR) is 131 cm³/mol. The normalized spacial score (nSPS) is 10.8. The van der Waals surface area contributed by atoms with Gasteiger partial charge in [0.25, 0.3) is 0 Å². The maximum absolute atomic E-state index is 11.9. The summed E-state index contributed by atoms with van der Waals surface area (Å²) in [6.45, 7) is 7.16. The van der Waals surface area contributed by atoms with E-state index in [1.165, 1.54) is 0 Å². The lowest BCUT2D eigenvalue weighted by molar-refractivity contribution is -0.121. The van der Waals surface area contributed by atoms with E-state index in [1.54, 1.807) is 13.3 Å². The molecule has 0 saturated heterocycles. The van der Waals surface area contributed by atoms with Crippen LogP contribution in [0.1, 0.15) is 42.9 Å². The number of carbonyl (C=O) groups is 1. The van der Waals surface area contributed by atoms with Crippen LogP contribution >= 0.6 is 0 Å². The third-order valence-corrected chi connectivity index (χ3v) is 5.02. The van der Waals surface area contributed by atoms with Crippen molar-refractivity contribution in [2.75, 3.05) is 58.2 Å². The van der Waals surface area contributed by atoms with Gasteiger partial charge in [-0.1, -0.05) is 6.07 Å². The Morgan fingerprint density at radius 3 is 2.62 bits per heavy atom. The second-order valence-corrected chi connectivity index (χ2v) is 7.72. The van der Waals surface area contributed by atoms with Gasteiger partial charge in [-0.15, -0.1) is 0 Å². The van der Waals surface area contributed by atoms with Crippen molar-refractivity contribution in [3.63, 3.8) is 0 Å². The Labute approximate surface area is 201 Å². The standard InChI is InChI=1S/C24H37N5O5/c1-4-32-11-12-33-10-8-27-21(30)7-5-6-9-34-22-17(2)13-18(15-20(22)31-3)14-19-16-28-24(26)29-23(19)25/h13,15-16H,4-12,14H2,1-3H3,(H,27,30)(H4,25,26,28,29). The molecule has 1 heterocycles. The Morgan fingerprint density at radius 2 is 1.88 bits per heavy atom. The molecule has 0 saturated carbocycles. The number of unbranched alkanes of at least 4 members (excludes halogenated alkanes) is 1. The monoisotopic (exact) mass is 475 g/mol. The van der Waals surface area contributed by atoms with Gasteiger partial charge in [0.1, 0.15) is 5.82 Å². The van der Waals surface area contributed by atoms with Gasteiger partial charge in [-0.25, -0.2) is 4.98 Å². The molecule has 0 unspecified atom stereocenters. The minimum Gasteiger partial charge on any atom is -0.493 e. The van der Waals surface area contributed by atoms with E-state index in [0.29, 0.717) is 69.7 Å². The van der Waals surface area contributed by atoms with Crippen LogP contribution in [-0.4, -0.2) is 62.6 Å². The molecule has 10 heteroatoms. The molecule has 0 spiro atoms. The molecule has 1 amide bonds. The number of methoxy groups -OCH3 is 1. The van der Waals surface area contributed by atoms with Crippen molar-refractivity contribution in [2.24, 2.45) is 0 Å². The van der Waals surface area contributed by atoms with Gasteiger partial charge in [0.15, 0.2) is 11.5 Å². The fourth-order valence-electron chi connectivity index (χ4n) is 3.32. The summed E-state index contributed by atoms with van der Waals surface area (Å²) in [6, 6.07) is 3.94. The summed E-state index contributed by atoms with van der Waals surface area (Å²) in [5.74, 6) is 1.87. The van der Waals surface area contributed by atoms with E-state index in [1.807, 2.05) is 26.0 Å². The summed E-state index contributed by atoms with van der Waals surface area (Å²) < 4.78 is 22.1. The largest absolute Gasteiger partial charge is 0.493 e. The van der Waals surface area contributed by atoms with E-state index < -0.39 is 0 Å². The predicted octanol–water partition coefficient (Wildman–Crippen LogP) is 2.27. The maximum atomic E-state index is 11.9. The molecule has 0 aliphatic heterocycles. The van der Waals surface area contributed by atoms with Crippen LogP contribution in [0.2, 0.25) is 0 Å². The van der Waals surface area contributed by atoms with Gasteiger partial charge in [-0.05, 0) is 43.9 Å². The Morgan fingerprint density at radius 1 is 1.09 bits per heavy atom. The molecule has 0 aliphatic rings. The smallest absolute Gasteiger partial charge is 0.221 e. The Balaban J connectivity index is 1.73. The average Bonchev–Trinajstić information content (AvgIpc) is 2.81. The Hall–Kier alpha value is -3.11. The van der Waals surface area contributed by atoms with Crippen molar-refractivity contribution in [2.45, 2.75) is 39.5 Å². The van der Waals surface area contributed by atoms with Gasteiger partial charge in [0.05, 0.1) is 33.5 Å². The molecule has 5 N–H and O–H groups in total. The number of hydrogen-bond donors (Lipinski definition) is 3. The highest BCUT2D eigenvalue weighted by Gasteiger charge is 2.13. The number of hydrogen-bond acceptors (Lipinski definition) is 9. The van der Waals surface area contributed by atoms with Crippen LogP contribution in [-0.2, 0) is 20.7 Å². The van der Waals surface area contributed by atoms with Crippen molar-refractivity contribution >= 4 is 17.7 Å². The van der Waals surface area contributed by atoms with Crippen LogP contribution < -0.4 is 26.3 Å². The molecule has 188 valence electrons. The first kappa shape index (κ1) is 27.1. The SMILES string of the molecule is CCOCCOCCNC(=O)CCCCOc1c(C)cc(Cc2cnc(N)nc2N)cc1OC. The molecule has 1 aromatic carbocycles. The lowest BCUT2D eigenvalue weighted by Gasteiger charge is -2.15. The zero-order valence-electron chi connectivity index (χ0n) is 20.4. The minimum atomic E-state index is 0.0115. The highest BCUT2D eigenvalue weighted by atomic mass is 16.5. The first-order chi connectivity index (χ1) is 16.4. The Bertz CT molecular complexity index is 910. The van der Waals surface area contributed by atoms with E-state index in [9.17, 15) is 4.79 Å². The molecule has 0 atom stereocenters. The summed E-state index contributed by atoms with van der Waals surface area (Å²) >= 11 is 0. The molecule has 0 fully saturated rings. The molecule has 0 bridgehead atoms. The lowest BCUT2D eigenvalue weighted by atomic mass is 10.0. The molecule has 0 aliphatic carbocycles. The number of amides is 1. The van der Waals surface area contributed by atoms with Crippen molar-refractivity contribution in [1.29, 1.82) is 0 Å². The highest BCUT2D eigenvalue weighted by molar-refractivity contribution is 5.75. The fourth-order valence-corrected chi connectivity index (χ4v) is 3.32. The number of nitrogens with zero attached hydrogens (tertiary/aromatic N) is 2. The van der Waals surface area contributed by atoms with Gasteiger partial charge < -0.3 is 35.7 Å². The van der Waals surface area contributed by atoms with Crippen LogP contribution in [0.5, 0.6) is 11.5 Å². The van der Waals surface area contributed by atoms with E-state index >= 15 is 0 Å². The number of aromatic nitrogens is 2. The fraction of sp³-hybridized carbons (Fsp3) is 0.542. The van der Waals surface area contributed by atoms with E-state index in [-0.39, 0.29) is 11.9 Å². The first-order valence-corrected chi connectivity index (χ1v) is 11.5. The Kier molecular flexibility index (Phi) is 11.9. The molecule has 2 rings (SSSR count). The molecule has 34 heavy (non-hydrogen) atoms. The number of carbonyl (C=O) groups excluding carboxylic acids is 1. The molecular weight excluding hydrogens is 438 g/mol. The maximum Gasteiger partial charge on any atom is 0.221 e. The lowest BCUT2D eigenvalue weighted by Crippen LogP contribution is -2.27. The summed E-state index contributed by atoms with van der Waals surface area (Å²) in [6.07, 6.45) is 4.11. The number of aryl methyl sites for hydroxylation is 1. The third-order valence-electron chi connectivity index (χ3n) is 5.02. The van der Waals surface area contributed by atoms with E-state index in [0.717, 1.165) is 29.5 Å². The third kappa shape index (κ3) is 9.40. The summed E-state index contributed by atoms with van der Waals surface area (Å²) in [5.41, 5.74) is 14.3. The summed E-state index contributed by atoms with van der Waals surface area (Å²) in [4.78, 5) is 19.9. The summed E-state index contributed by atoms with van der Waals surface area (Å²) in [5, 5.41) is 2.85. The van der Waals surface area contributed by atoms with Crippen LogP contribution in [0.3, 0.4) is 0 Å². The number of nitrogen functional groups attached to an aromatic ring is 2. The zero-order chi connectivity index (χ0) is 24.8.